The number of aryl methyl sites for hydroxylation is 1. The summed E-state index contributed by atoms with van der Waals surface area (Å²) in [6, 6.07) is 46.9. The van der Waals surface area contributed by atoms with E-state index in [4.69, 9.17) is 9.72 Å². The van der Waals surface area contributed by atoms with Crippen molar-refractivity contribution in [1.29, 1.82) is 0 Å². The second-order valence-corrected chi connectivity index (χ2v) is 19.7. The molecule has 8 aromatic rings. The number of anilines is 4. The summed E-state index contributed by atoms with van der Waals surface area (Å²) in [7, 11) is 0. The number of halogens is 1. The first-order valence-corrected chi connectivity index (χ1v) is 22.1. The molecule has 2 aromatic heterocycles. The summed E-state index contributed by atoms with van der Waals surface area (Å²) in [6.45, 7) is 26.4. The van der Waals surface area contributed by atoms with E-state index in [0.717, 1.165) is 72.6 Å². The number of fused-ring (bicyclic) bond motifs is 4. The van der Waals surface area contributed by atoms with Gasteiger partial charge in [-0.05, 0) is 123 Å². The Balaban J connectivity index is 0.00000560. The second-order valence-electron chi connectivity index (χ2n) is 19.7. The third-order valence-electron chi connectivity index (χ3n) is 12.2. The molecule has 0 saturated carbocycles. The number of nitrogens with zero attached hydrogens (tertiary/aromatic N) is 4. The largest absolute Gasteiger partial charge is 0.509 e. The molecule has 0 spiro atoms. The van der Waals surface area contributed by atoms with E-state index in [0.29, 0.717) is 11.5 Å². The maximum Gasteiger partial charge on any atom is 0.135 e. The Kier molecular flexibility index (Phi) is 11.9. The summed E-state index contributed by atoms with van der Waals surface area (Å²) in [4.78, 5) is 9.44. The van der Waals surface area contributed by atoms with Crippen molar-refractivity contribution in [2.24, 2.45) is 0 Å². The minimum absolute atomic E-state index is 0. The van der Waals surface area contributed by atoms with Crippen LogP contribution in [0.1, 0.15) is 109 Å². The average Bonchev–Trinajstić information content (AvgIpc) is 3.78. The summed E-state index contributed by atoms with van der Waals surface area (Å²) >= 11 is 0. The van der Waals surface area contributed by atoms with Crippen LogP contribution in [-0.2, 0) is 31.9 Å². The number of pyridine rings is 1. The van der Waals surface area contributed by atoms with Gasteiger partial charge in [-0.1, -0.05) is 111 Å². The van der Waals surface area contributed by atoms with Gasteiger partial charge in [-0.25, -0.2) is 9.37 Å². The predicted octanol–water partition coefficient (Wildman–Crippen LogP) is 15.9. The molecule has 0 aliphatic carbocycles. The van der Waals surface area contributed by atoms with Crippen LogP contribution in [0.15, 0.2) is 121 Å². The number of hydrogen-bond acceptors (Lipinski definition) is 4. The first-order chi connectivity index (χ1) is 29.9. The topological polar surface area (TPSA) is 33.5 Å². The van der Waals surface area contributed by atoms with E-state index in [1.54, 1.807) is 12.1 Å². The molecule has 0 bridgehead atoms. The van der Waals surface area contributed by atoms with Crippen LogP contribution in [0, 0.1) is 31.5 Å². The van der Waals surface area contributed by atoms with Crippen LogP contribution in [0.2, 0.25) is 0 Å². The Bertz CT molecular complexity index is 2990. The van der Waals surface area contributed by atoms with Crippen molar-refractivity contribution in [3.05, 3.63) is 174 Å². The van der Waals surface area contributed by atoms with E-state index < -0.39 is 0 Å². The van der Waals surface area contributed by atoms with Crippen molar-refractivity contribution < 1.29 is 30.2 Å². The molecular weight excluding hydrogens is 971 g/mol. The van der Waals surface area contributed by atoms with Crippen LogP contribution in [0.5, 0.6) is 11.5 Å². The number of ether oxygens (including phenoxy) is 1. The molecule has 9 rings (SSSR count). The van der Waals surface area contributed by atoms with Gasteiger partial charge in [-0.3, -0.25) is 0 Å². The molecule has 0 saturated heterocycles. The molecule has 0 N–H and O–H groups in total. The van der Waals surface area contributed by atoms with E-state index >= 15 is 0 Å². The molecule has 3 heterocycles. The van der Waals surface area contributed by atoms with Crippen molar-refractivity contribution in [1.82, 2.24) is 9.55 Å². The summed E-state index contributed by atoms with van der Waals surface area (Å²) in [6.07, 6.45) is 1.90. The Hall–Kier alpha value is -5.71. The third-order valence-corrected chi connectivity index (χ3v) is 12.2. The molecule has 1 aliphatic heterocycles. The monoisotopic (exact) mass is 1030 g/mol. The summed E-state index contributed by atoms with van der Waals surface area (Å²) in [5, 5.41) is 2.22. The van der Waals surface area contributed by atoms with Crippen molar-refractivity contribution in [2.75, 3.05) is 9.80 Å². The van der Waals surface area contributed by atoms with Gasteiger partial charge < -0.3 is 19.1 Å². The Labute approximate surface area is 393 Å². The standard InChI is InChI=1S/C57H56FN4O.Pt/c1-35(2)48-27-39(38-24-37(5)25-42(58)26-38)28-49(36(3)4)55(48)61-34-60(51-18-14-15-19-52(51)61)43-29-41(57(9,10)11)30-45(32-43)63-44-20-21-47-46-16-12-13-17-50(46)62(53(47)33-44)54-31-40(22-23-59-54)56(6,7)8;/h12-31,34-36H,1-11H3;/q-3;. The van der Waals surface area contributed by atoms with Gasteiger partial charge >= 0.3 is 0 Å². The fourth-order valence-corrected chi connectivity index (χ4v) is 8.83. The van der Waals surface area contributed by atoms with Crippen LogP contribution in [0.4, 0.5) is 27.1 Å². The van der Waals surface area contributed by atoms with Crippen LogP contribution in [0.25, 0.3) is 38.8 Å². The van der Waals surface area contributed by atoms with Crippen molar-refractivity contribution in [3.8, 4) is 28.4 Å². The molecule has 0 atom stereocenters. The number of benzene rings is 6. The van der Waals surface area contributed by atoms with Crippen molar-refractivity contribution in [3.63, 3.8) is 0 Å². The van der Waals surface area contributed by atoms with Gasteiger partial charge in [-0.15, -0.1) is 53.6 Å². The van der Waals surface area contributed by atoms with Gasteiger partial charge in [0.1, 0.15) is 11.6 Å². The van der Waals surface area contributed by atoms with Gasteiger partial charge in [0.2, 0.25) is 0 Å². The fourth-order valence-electron chi connectivity index (χ4n) is 8.83. The number of aromatic nitrogens is 2. The first kappa shape index (κ1) is 44.9. The molecule has 0 fully saturated rings. The number of para-hydroxylation sites is 3. The van der Waals surface area contributed by atoms with Crippen molar-refractivity contribution in [2.45, 2.75) is 98.8 Å². The zero-order valence-corrected chi connectivity index (χ0v) is 40.9. The van der Waals surface area contributed by atoms with E-state index in [9.17, 15) is 4.39 Å². The number of hydrogen-bond donors (Lipinski definition) is 0. The SMILES string of the molecule is Cc1cc(F)cc(-c2cc(C(C)C)c(N3[CH-]N(c4[c-]c(Oc5[c-]c6c(cc5)c5ccccc5n6-c5cc(C(C)(C)C)ccn5)cc(C(C)(C)C)c4)c4ccccc43)c(C(C)C)c2)c1.[Pt]. The van der Waals surface area contributed by atoms with E-state index in [1.165, 1.54) is 16.7 Å². The maximum absolute atomic E-state index is 14.8. The van der Waals surface area contributed by atoms with Gasteiger partial charge in [-0.2, -0.15) is 6.07 Å². The number of rotatable bonds is 8. The van der Waals surface area contributed by atoms with Crippen LogP contribution in [0.3, 0.4) is 0 Å². The first-order valence-electron chi connectivity index (χ1n) is 22.1. The summed E-state index contributed by atoms with van der Waals surface area (Å²) < 4.78 is 23.8. The molecule has 0 amide bonds. The zero-order chi connectivity index (χ0) is 44.5. The van der Waals surface area contributed by atoms with Crippen LogP contribution >= 0.6 is 0 Å². The molecule has 6 aromatic carbocycles. The molecule has 0 unspecified atom stereocenters. The van der Waals surface area contributed by atoms with Gasteiger partial charge in [0.25, 0.3) is 0 Å². The normalized spacial score (nSPS) is 13.0. The minimum Gasteiger partial charge on any atom is -0.509 e. The van der Waals surface area contributed by atoms with Crippen LogP contribution in [-0.4, -0.2) is 9.55 Å². The van der Waals surface area contributed by atoms with Crippen molar-refractivity contribution >= 4 is 44.6 Å². The quantitative estimate of drug-likeness (QED) is 0.142. The Morgan fingerprint density at radius 3 is 1.94 bits per heavy atom. The zero-order valence-electron chi connectivity index (χ0n) is 38.7. The van der Waals surface area contributed by atoms with E-state index in [2.05, 4.69) is 199 Å². The van der Waals surface area contributed by atoms with E-state index in [1.807, 2.05) is 19.2 Å². The Morgan fingerprint density at radius 1 is 0.641 bits per heavy atom. The van der Waals surface area contributed by atoms with Gasteiger partial charge in [0.05, 0.1) is 0 Å². The molecule has 64 heavy (non-hydrogen) atoms. The van der Waals surface area contributed by atoms with Crippen LogP contribution < -0.4 is 14.5 Å². The average molecular weight is 1030 g/mol. The summed E-state index contributed by atoms with van der Waals surface area (Å²) in [5.41, 5.74) is 13.4. The molecule has 5 nitrogen and oxygen atoms in total. The second kappa shape index (κ2) is 17.0. The van der Waals surface area contributed by atoms with Gasteiger partial charge in [0.15, 0.2) is 0 Å². The molecule has 330 valence electrons. The smallest absolute Gasteiger partial charge is 0.135 e. The molecular formula is C57H56FN4OPt-3. The maximum atomic E-state index is 14.8. The molecule has 1 aliphatic rings. The predicted molar refractivity (Wildman–Crippen MR) is 260 cm³/mol. The van der Waals surface area contributed by atoms with Gasteiger partial charge in [0, 0.05) is 61.3 Å². The summed E-state index contributed by atoms with van der Waals surface area (Å²) in [5.74, 6) is 2.22. The molecule has 7 heteroatoms. The Morgan fingerprint density at radius 2 is 1.28 bits per heavy atom. The van der Waals surface area contributed by atoms with E-state index in [-0.39, 0.29) is 49.5 Å². The molecule has 0 radical (unpaired) electrons. The third kappa shape index (κ3) is 8.38. The minimum atomic E-state index is -0.221. The fraction of sp³-hybridized carbons (Fsp3) is 0.263.